The number of fused-ring (bicyclic) bond motifs is 1. The minimum absolute atomic E-state index is 0.388. The van der Waals surface area contributed by atoms with Gasteiger partial charge in [0.25, 0.3) is 0 Å². The van der Waals surface area contributed by atoms with Gasteiger partial charge in [0.05, 0.1) is 6.54 Å². The minimum Gasteiger partial charge on any atom is -0.464 e. The van der Waals surface area contributed by atoms with E-state index in [-0.39, 0.29) is 0 Å². The van der Waals surface area contributed by atoms with E-state index in [9.17, 15) is 0 Å². The highest BCUT2D eigenvalue weighted by Gasteiger charge is 2.19. The number of imidazole rings is 1. The average Bonchev–Trinajstić information content (AvgIpc) is 3.22. The van der Waals surface area contributed by atoms with Crippen molar-refractivity contribution >= 4 is 17.1 Å². The maximum absolute atomic E-state index is 6.00. The molecule has 4 heterocycles. The highest BCUT2D eigenvalue weighted by Crippen LogP contribution is 2.24. The normalized spacial score (nSPS) is 16.0. The summed E-state index contributed by atoms with van der Waals surface area (Å²) in [5.41, 5.74) is 1.80. The molecular formula is C19H25N5O. The van der Waals surface area contributed by atoms with Crippen LogP contribution in [0.5, 0.6) is 0 Å². The van der Waals surface area contributed by atoms with Gasteiger partial charge in [-0.05, 0) is 50.2 Å². The number of hydrogen-bond acceptors (Lipinski definition) is 5. The van der Waals surface area contributed by atoms with Gasteiger partial charge in [0.1, 0.15) is 17.0 Å². The molecule has 132 valence electrons. The Bertz CT molecular complexity index is 844. The number of piperidine rings is 1. The first-order valence-electron chi connectivity index (χ1n) is 9.08. The number of anilines is 1. The fraction of sp³-hybridized carbons (Fsp3) is 0.474. The van der Waals surface area contributed by atoms with E-state index >= 15 is 0 Å². The number of aromatic nitrogens is 3. The molecule has 0 aliphatic carbocycles. The molecule has 1 fully saturated rings. The second-order valence-electron chi connectivity index (χ2n) is 7.00. The molecule has 1 aliphatic heterocycles. The van der Waals surface area contributed by atoms with Crippen LogP contribution in [-0.2, 0) is 6.54 Å². The van der Waals surface area contributed by atoms with E-state index in [0.29, 0.717) is 18.5 Å². The molecule has 0 amide bonds. The molecule has 2 N–H and O–H groups in total. The first kappa shape index (κ1) is 16.1. The fourth-order valence-corrected chi connectivity index (χ4v) is 3.31. The van der Waals surface area contributed by atoms with E-state index in [1.807, 2.05) is 18.3 Å². The Kier molecular flexibility index (Phi) is 4.44. The standard InChI is InChI=1S/C19H25N5O/c1-13(2)17-6-5-15(25-17)12-24-18-16(4-3-9-21-18)23-19(24)22-14-7-10-20-11-8-14/h3-6,9,13-14,20H,7-8,10-12H2,1-2H3,(H,22,23). The highest BCUT2D eigenvalue weighted by molar-refractivity contribution is 5.74. The Morgan fingerprint density at radius 3 is 2.88 bits per heavy atom. The molecular weight excluding hydrogens is 314 g/mol. The van der Waals surface area contributed by atoms with Crippen molar-refractivity contribution in [2.75, 3.05) is 18.4 Å². The summed E-state index contributed by atoms with van der Waals surface area (Å²) in [6, 6.07) is 8.50. The summed E-state index contributed by atoms with van der Waals surface area (Å²) in [5, 5.41) is 7.02. The van der Waals surface area contributed by atoms with Gasteiger partial charge in [-0.25, -0.2) is 9.97 Å². The van der Waals surface area contributed by atoms with Gasteiger partial charge in [-0.3, -0.25) is 4.57 Å². The Balaban J connectivity index is 1.65. The van der Waals surface area contributed by atoms with E-state index in [1.165, 1.54) is 0 Å². The Morgan fingerprint density at radius 2 is 2.12 bits per heavy atom. The minimum atomic E-state index is 0.388. The van der Waals surface area contributed by atoms with E-state index in [2.05, 4.69) is 46.2 Å². The summed E-state index contributed by atoms with van der Waals surface area (Å²) in [6.07, 6.45) is 4.03. The lowest BCUT2D eigenvalue weighted by atomic mass is 10.1. The molecule has 25 heavy (non-hydrogen) atoms. The van der Waals surface area contributed by atoms with E-state index in [0.717, 1.165) is 54.6 Å². The summed E-state index contributed by atoms with van der Waals surface area (Å²) in [4.78, 5) is 9.31. The molecule has 0 spiro atoms. The van der Waals surface area contributed by atoms with Crippen LogP contribution in [-0.4, -0.2) is 33.7 Å². The maximum atomic E-state index is 6.00. The molecule has 0 radical (unpaired) electrons. The van der Waals surface area contributed by atoms with Crippen molar-refractivity contribution in [3.8, 4) is 0 Å². The summed E-state index contributed by atoms with van der Waals surface area (Å²) >= 11 is 0. The predicted molar refractivity (Wildman–Crippen MR) is 98.9 cm³/mol. The van der Waals surface area contributed by atoms with Crippen LogP contribution in [0.3, 0.4) is 0 Å². The summed E-state index contributed by atoms with van der Waals surface area (Å²) in [7, 11) is 0. The smallest absolute Gasteiger partial charge is 0.205 e. The zero-order chi connectivity index (χ0) is 17.2. The van der Waals surface area contributed by atoms with Gasteiger partial charge in [-0.15, -0.1) is 0 Å². The van der Waals surface area contributed by atoms with Crippen LogP contribution in [0.1, 0.15) is 44.1 Å². The third kappa shape index (κ3) is 3.39. The lowest BCUT2D eigenvalue weighted by molar-refractivity contribution is 0.438. The SMILES string of the molecule is CC(C)c1ccc(Cn2c(NC3CCNCC3)nc3cccnc32)o1. The van der Waals surface area contributed by atoms with Gasteiger partial charge in [0.2, 0.25) is 5.95 Å². The molecule has 0 bridgehead atoms. The van der Waals surface area contributed by atoms with Gasteiger partial charge >= 0.3 is 0 Å². The Hall–Kier alpha value is -2.34. The van der Waals surface area contributed by atoms with Crippen LogP contribution in [0, 0.1) is 0 Å². The molecule has 6 nitrogen and oxygen atoms in total. The maximum Gasteiger partial charge on any atom is 0.205 e. The molecule has 4 rings (SSSR count). The van der Waals surface area contributed by atoms with Crippen molar-refractivity contribution < 1.29 is 4.42 Å². The van der Waals surface area contributed by atoms with Gasteiger partial charge in [0, 0.05) is 18.2 Å². The third-order valence-corrected chi connectivity index (χ3v) is 4.74. The Labute approximate surface area is 147 Å². The molecule has 0 atom stereocenters. The quantitative estimate of drug-likeness (QED) is 0.746. The molecule has 0 unspecified atom stereocenters. The van der Waals surface area contributed by atoms with E-state index in [4.69, 9.17) is 9.40 Å². The summed E-state index contributed by atoms with van der Waals surface area (Å²) in [6.45, 7) is 7.01. The van der Waals surface area contributed by atoms with E-state index < -0.39 is 0 Å². The van der Waals surface area contributed by atoms with Gasteiger partial charge in [0.15, 0.2) is 5.65 Å². The highest BCUT2D eigenvalue weighted by atomic mass is 16.3. The van der Waals surface area contributed by atoms with Crippen LogP contribution in [0.15, 0.2) is 34.9 Å². The largest absolute Gasteiger partial charge is 0.464 e. The van der Waals surface area contributed by atoms with Crippen LogP contribution in [0.2, 0.25) is 0 Å². The number of nitrogens with one attached hydrogen (secondary N) is 2. The molecule has 1 saturated heterocycles. The van der Waals surface area contributed by atoms with Gasteiger partial charge < -0.3 is 15.1 Å². The van der Waals surface area contributed by atoms with Gasteiger partial charge in [-0.2, -0.15) is 0 Å². The molecule has 1 aliphatic rings. The first-order chi connectivity index (χ1) is 12.2. The molecule has 0 saturated carbocycles. The van der Waals surface area contributed by atoms with Crippen molar-refractivity contribution in [3.63, 3.8) is 0 Å². The second kappa shape index (κ2) is 6.88. The van der Waals surface area contributed by atoms with Crippen LogP contribution in [0.4, 0.5) is 5.95 Å². The van der Waals surface area contributed by atoms with Crippen molar-refractivity contribution in [1.82, 2.24) is 19.9 Å². The second-order valence-corrected chi connectivity index (χ2v) is 7.00. The molecule has 3 aromatic rings. The number of rotatable bonds is 5. The number of hydrogen-bond donors (Lipinski definition) is 2. The zero-order valence-electron chi connectivity index (χ0n) is 14.8. The molecule has 6 heteroatoms. The lowest BCUT2D eigenvalue weighted by Crippen LogP contribution is -2.36. The first-order valence-corrected chi connectivity index (χ1v) is 9.08. The summed E-state index contributed by atoms with van der Waals surface area (Å²) in [5.74, 6) is 3.21. The summed E-state index contributed by atoms with van der Waals surface area (Å²) < 4.78 is 8.12. The van der Waals surface area contributed by atoms with Crippen LogP contribution >= 0.6 is 0 Å². The topological polar surface area (TPSA) is 67.9 Å². The Morgan fingerprint density at radius 1 is 1.28 bits per heavy atom. The molecule has 3 aromatic heterocycles. The average molecular weight is 339 g/mol. The predicted octanol–water partition coefficient (Wildman–Crippen LogP) is 3.36. The third-order valence-electron chi connectivity index (χ3n) is 4.74. The van der Waals surface area contributed by atoms with Crippen molar-refractivity contribution in [2.45, 2.75) is 45.2 Å². The van der Waals surface area contributed by atoms with Crippen molar-refractivity contribution in [3.05, 3.63) is 42.0 Å². The number of furan rings is 1. The fourth-order valence-electron chi connectivity index (χ4n) is 3.31. The number of nitrogens with zero attached hydrogens (tertiary/aromatic N) is 3. The number of pyridine rings is 1. The van der Waals surface area contributed by atoms with Gasteiger partial charge in [-0.1, -0.05) is 13.8 Å². The van der Waals surface area contributed by atoms with Crippen molar-refractivity contribution in [1.29, 1.82) is 0 Å². The monoisotopic (exact) mass is 339 g/mol. The van der Waals surface area contributed by atoms with Crippen LogP contribution < -0.4 is 10.6 Å². The van der Waals surface area contributed by atoms with Crippen molar-refractivity contribution in [2.24, 2.45) is 0 Å². The zero-order valence-corrected chi connectivity index (χ0v) is 14.8. The van der Waals surface area contributed by atoms with Crippen LogP contribution in [0.25, 0.3) is 11.2 Å². The van der Waals surface area contributed by atoms with E-state index in [1.54, 1.807) is 0 Å². The molecule has 0 aromatic carbocycles. The lowest BCUT2D eigenvalue weighted by Gasteiger charge is -2.24.